The minimum absolute atomic E-state index is 0.0256. The molecule has 2 aromatic rings. The zero-order chi connectivity index (χ0) is 16.3. The Balaban J connectivity index is 2.13. The Morgan fingerprint density at radius 3 is 2.64 bits per heavy atom. The van der Waals surface area contributed by atoms with E-state index in [1.807, 2.05) is 42.3 Å². The van der Waals surface area contributed by atoms with Gasteiger partial charge in [-0.3, -0.25) is 14.6 Å². The molecular formula is C14H18N4O3S. The molecule has 0 aromatic carbocycles. The molecule has 8 heteroatoms. The summed E-state index contributed by atoms with van der Waals surface area (Å²) in [5.74, 6) is -0.482. The third-order valence-corrected chi connectivity index (χ3v) is 4.41. The maximum Gasteiger partial charge on any atom is 0.326 e. The number of hydrogen-bond acceptors (Lipinski definition) is 5. The number of rotatable bonds is 5. The fourth-order valence-corrected chi connectivity index (χ4v) is 3.24. The first-order valence-electron chi connectivity index (χ1n) is 6.70. The van der Waals surface area contributed by atoms with E-state index >= 15 is 0 Å². The minimum atomic E-state index is -0.698. The number of aryl methyl sites for hydroxylation is 1. The molecule has 0 unspecified atom stereocenters. The number of aromatic amines is 2. The van der Waals surface area contributed by atoms with Crippen LogP contribution in [0, 0.1) is 6.92 Å². The predicted octanol–water partition coefficient (Wildman–Crippen LogP) is 0.466. The first kappa shape index (κ1) is 16.2. The number of carbonyl (C=O) groups is 1. The maximum atomic E-state index is 12.1. The van der Waals surface area contributed by atoms with E-state index in [2.05, 4.69) is 10.3 Å². The van der Waals surface area contributed by atoms with Gasteiger partial charge in [0.15, 0.2) is 0 Å². The summed E-state index contributed by atoms with van der Waals surface area (Å²) < 4.78 is 0. The number of nitrogens with zero attached hydrogens (tertiary/aromatic N) is 1. The van der Waals surface area contributed by atoms with Crippen molar-refractivity contribution in [3.05, 3.63) is 54.5 Å². The Morgan fingerprint density at radius 1 is 1.36 bits per heavy atom. The van der Waals surface area contributed by atoms with Crippen molar-refractivity contribution in [2.45, 2.75) is 13.0 Å². The smallest absolute Gasteiger partial charge is 0.326 e. The van der Waals surface area contributed by atoms with E-state index in [1.54, 1.807) is 11.3 Å². The monoisotopic (exact) mass is 322 g/mol. The summed E-state index contributed by atoms with van der Waals surface area (Å²) >= 11 is 1.63. The normalized spacial score (nSPS) is 12.4. The number of aromatic nitrogens is 2. The van der Waals surface area contributed by atoms with Gasteiger partial charge in [0.05, 0.1) is 6.04 Å². The van der Waals surface area contributed by atoms with Crippen molar-refractivity contribution >= 4 is 17.2 Å². The first-order chi connectivity index (χ1) is 10.4. The molecule has 0 aliphatic carbocycles. The highest BCUT2D eigenvalue weighted by Crippen LogP contribution is 2.26. The van der Waals surface area contributed by atoms with Crippen molar-refractivity contribution in [1.29, 1.82) is 0 Å². The van der Waals surface area contributed by atoms with Crippen LogP contribution in [0.2, 0.25) is 0 Å². The van der Waals surface area contributed by atoms with Crippen LogP contribution in [0.4, 0.5) is 0 Å². The standard InChI is InChI=1S/C14H18N4O3S/c1-8-4-5-22-12(8)10(18(2)3)7-15-13(20)9-6-11(19)17-14(21)16-9/h4-6,10H,7H2,1-3H3,(H,15,20)(H2,16,17,19,21)/t10-/m0/s1. The topological polar surface area (TPSA) is 98.1 Å². The van der Waals surface area contributed by atoms with Gasteiger partial charge in [0.25, 0.3) is 11.5 Å². The number of H-pyrrole nitrogens is 2. The third kappa shape index (κ3) is 3.71. The molecule has 1 atom stereocenters. The number of carbonyl (C=O) groups excluding carboxylic acids is 1. The summed E-state index contributed by atoms with van der Waals surface area (Å²) in [4.78, 5) is 42.0. The zero-order valence-corrected chi connectivity index (χ0v) is 13.4. The van der Waals surface area contributed by atoms with Gasteiger partial charge in [0.1, 0.15) is 5.69 Å². The minimum Gasteiger partial charge on any atom is -0.349 e. The van der Waals surface area contributed by atoms with E-state index in [0.717, 1.165) is 6.07 Å². The molecule has 0 fully saturated rings. The molecule has 3 N–H and O–H groups in total. The van der Waals surface area contributed by atoms with E-state index in [4.69, 9.17) is 0 Å². The molecule has 0 saturated heterocycles. The van der Waals surface area contributed by atoms with Gasteiger partial charge in [0.2, 0.25) is 0 Å². The summed E-state index contributed by atoms with van der Waals surface area (Å²) in [6, 6.07) is 3.13. The first-order valence-corrected chi connectivity index (χ1v) is 7.58. The Bertz CT molecular complexity index is 746. The Hall–Kier alpha value is -2.19. The number of nitrogens with one attached hydrogen (secondary N) is 3. The van der Waals surface area contributed by atoms with E-state index in [-0.39, 0.29) is 11.7 Å². The molecule has 118 valence electrons. The quantitative estimate of drug-likeness (QED) is 0.745. The van der Waals surface area contributed by atoms with Crippen molar-refractivity contribution in [3.8, 4) is 0 Å². The third-order valence-electron chi connectivity index (χ3n) is 3.29. The molecule has 0 bridgehead atoms. The molecule has 7 nitrogen and oxygen atoms in total. The van der Waals surface area contributed by atoms with Gasteiger partial charge in [0, 0.05) is 17.5 Å². The Kier molecular flexibility index (Phi) is 4.94. The van der Waals surface area contributed by atoms with Gasteiger partial charge in [-0.2, -0.15) is 0 Å². The Morgan fingerprint density at radius 2 is 2.09 bits per heavy atom. The molecule has 2 aromatic heterocycles. The summed E-state index contributed by atoms with van der Waals surface area (Å²) in [7, 11) is 3.87. The van der Waals surface area contributed by atoms with E-state index in [9.17, 15) is 14.4 Å². The van der Waals surface area contributed by atoms with Crippen molar-refractivity contribution < 1.29 is 4.79 Å². The van der Waals surface area contributed by atoms with Crippen molar-refractivity contribution in [2.75, 3.05) is 20.6 Å². The van der Waals surface area contributed by atoms with Crippen LogP contribution in [-0.2, 0) is 0 Å². The SMILES string of the molecule is Cc1ccsc1[C@H](CNC(=O)c1cc(=O)[nH]c(=O)[nH]1)N(C)C. The average molecular weight is 322 g/mol. The van der Waals surface area contributed by atoms with Crippen LogP contribution in [0.3, 0.4) is 0 Å². The largest absolute Gasteiger partial charge is 0.349 e. The van der Waals surface area contributed by atoms with Crippen LogP contribution in [0.15, 0.2) is 27.1 Å². The van der Waals surface area contributed by atoms with E-state index in [0.29, 0.717) is 6.54 Å². The second kappa shape index (κ2) is 6.71. The maximum absolute atomic E-state index is 12.1. The zero-order valence-electron chi connectivity index (χ0n) is 12.6. The summed E-state index contributed by atoms with van der Waals surface area (Å²) in [6.07, 6.45) is 0. The second-order valence-electron chi connectivity index (χ2n) is 5.16. The van der Waals surface area contributed by atoms with Gasteiger partial charge in [-0.05, 0) is 38.0 Å². The summed E-state index contributed by atoms with van der Waals surface area (Å²) in [5.41, 5.74) is -0.181. The van der Waals surface area contributed by atoms with E-state index in [1.165, 1.54) is 10.4 Å². The number of hydrogen-bond donors (Lipinski definition) is 3. The molecule has 0 radical (unpaired) electrons. The average Bonchev–Trinajstić information content (AvgIpc) is 2.83. The van der Waals surface area contributed by atoms with Gasteiger partial charge < -0.3 is 15.2 Å². The molecule has 22 heavy (non-hydrogen) atoms. The summed E-state index contributed by atoms with van der Waals surface area (Å²) in [6.45, 7) is 2.40. The molecule has 2 rings (SSSR count). The molecule has 0 saturated carbocycles. The molecule has 2 heterocycles. The number of thiophene rings is 1. The number of amides is 1. The van der Waals surface area contributed by atoms with E-state index < -0.39 is 17.2 Å². The lowest BCUT2D eigenvalue weighted by molar-refractivity contribution is 0.0936. The van der Waals surface area contributed by atoms with Crippen LogP contribution >= 0.6 is 11.3 Å². The predicted molar refractivity (Wildman–Crippen MR) is 85.5 cm³/mol. The van der Waals surface area contributed by atoms with Crippen molar-refractivity contribution in [1.82, 2.24) is 20.2 Å². The van der Waals surface area contributed by atoms with Gasteiger partial charge in [-0.25, -0.2) is 4.79 Å². The fourth-order valence-electron chi connectivity index (χ4n) is 2.11. The van der Waals surface area contributed by atoms with Crippen LogP contribution in [0.5, 0.6) is 0 Å². The van der Waals surface area contributed by atoms with Crippen LogP contribution < -0.4 is 16.6 Å². The lowest BCUT2D eigenvalue weighted by atomic mass is 10.1. The van der Waals surface area contributed by atoms with Gasteiger partial charge in [-0.15, -0.1) is 11.3 Å². The van der Waals surface area contributed by atoms with Crippen molar-refractivity contribution in [3.63, 3.8) is 0 Å². The molecular weight excluding hydrogens is 304 g/mol. The summed E-state index contributed by atoms with van der Waals surface area (Å²) in [5, 5.41) is 4.76. The highest BCUT2D eigenvalue weighted by Gasteiger charge is 2.19. The highest BCUT2D eigenvalue weighted by molar-refractivity contribution is 7.10. The van der Waals surface area contributed by atoms with Gasteiger partial charge >= 0.3 is 5.69 Å². The lowest BCUT2D eigenvalue weighted by Gasteiger charge is -2.24. The molecule has 0 aliphatic heterocycles. The molecule has 0 aliphatic rings. The fraction of sp³-hybridized carbons (Fsp3) is 0.357. The van der Waals surface area contributed by atoms with Crippen molar-refractivity contribution in [2.24, 2.45) is 0 Å². The second-order valence-corrected chi connectivity index (χ2v) is 6.11. The van der Waals surface area contributed by atoms with Crippen LogP contribution in [0.1, 0.15) is 27.0 Å². The molecule has 1 amide bonds. The molecule has 0 spiro atoms. The Labute approximate surface area is 131 Å². The van der Waals surface area contributed by atoms with Gasteiger partial charge in [-0.1, -0.05) is 0 Å². The highest BCUT2D eigenvalue weighted by atomic mass is 32.1. The lowest BCUT2D eigenvalue weighted by Crippen LogP contribution is -2.36. The van der Waals surface area contributed by atoms with Crippen LogP contribution in [-0.4, -0.2) is 41.4 Å². The van der Waals surface area contributed by atoms with Crippen LogP contribution in [0.25, 0.3) is 0 Å². The number of likely N-dealkylation sites (N-methyl/N-ethyl adjacent to an activating group) is 1.